The van der Waals surface area contributed by atoms with Gasteiger partial charge in [0.15, 0.2) is 0 Å². The molecule has 1 unspecified atom stereocenters. The van der Waals surface area contributed by atoms with Crippen molar-refractivity contribution in [3.8, 4) is 5.75 Å². The van der Waals surface area contributed by atoms with Crippen molar-refractivity contribution in [3.05, 3.63) is 65.7 Å². The fourth-order valence-electron chi connectivity index (χ4n) is 1.97. The summed E-state index contributed by atoms with van der Waals surface area (Å²) in [6.07, 6.45) is 0.421. The summed E-state index contributed by atoms with van der Waals surface area (Å²) in [7, 11) is 1.60. The van der Waals surface area contributed by atoms with Crippen LogP contribution in [0.3, 0.4) is 0 Å². The van der Waals surface area contributed by atoms with E-state index in [0.717, 1.165) is 16.9 Å². The Balaban J connectivity index is 1.87. The fraction of sp³-hybridized carbons (Fsp3) is 0.235. The van der Waals surface area contributed by atoms with Crippen molar-refractivity contribution in [2.45, 2.75) is 19.1 Å². The Bertz CT molecular complexity index is 584. The van der Waals surface area contributed by atoms with Gasteiger partial charge in [0.25, 0.3) is 0 Å². The van der Waals surface area contributed by atoms with Gasteiger partial charge in [-0.3, -0.25) is 4.79 Å². The molecule has 2 rings (SSSR count). The highest BCUT2D eigenvalue weighted by Gasteiger charge is 2.16. The SMILES string of the molecule is COc1cccc(CC(N)C(=O)OCc2ccccc2)c1. The second-order valence-corrected chi connectivity index (χ2v) is 4.76. The highest BCUT2D eigenvalue weighted by atomic mass is 16.5. The standard InChI is InChI=1S/C17H19NO3/c1-20-15-9-5-8-14(10-15)11-16(18)17(19)21-12-13-6-3-2-4-7-13/h2-10,16H,11-12,18H2,1H3. The largest absolute Gasteiger partial charge is 0.497 e. The van der Waals surface area contributed by atoms with Crippen LogP contribution in [0.15, 0.2) is 54.6 Å². The maximum Gasteiger partial charge on any atom is 0.323 e. The first kappa shape index (κ1) is 15.1. The van der Waals surface area contributed by atoms with Gasteiger partial charge in [-0.2, -0.15) is 0 Å². The first-order chi connectivity index (χ1) is 10.2. The van der Waals surface area contributed by atoms with Crippen molar-refractivity contribution in [1.29, 1.82) is 0 Å². The molecular weight excluding hydrogens is 266 g/mol. The Morgan fingerprint density at radius 3 is 2.52 bits per heavy atom. The molecule has 0 saturated heterocycles. The van der Waals surface area contributed by atoms with Crippen LogP contribution in [0.2, 0.25) is 0 Å². The summed E-state index contributed by atoms with van der Waals surface area (Å²) in [4.78, 5) is 11.9. The zero-order valence-electron chi connectivity index (χ0n) is 12.0. The molecule has 0 aliphatic carbocycles. The Hall–Kier alpha value is -2.33. The molecule has 2 aromatic rings. The van der Waals surface area contributed by atoms with Crippen LogP contribution in [0.4, 0.5) is 0 Å². The lowest BCUT2D eigenvalue weighted by atomic mass is 10.1. The number of methoxy groups -OCH3 is 1. The van der Waals surface area contributed by atoms with E-state index in [1.807, 2.05) is 54.6 Å². The van der Waals surface area contributed by atoms with Gasteiger partial charge < -0.3 is 15.2 Å². The van der Waals surface area contributed by atoms with E-state index in [-0.39, 0.29) is 6.61 Å². The Morgan fingerprint density at radius 1 is 1.10 bits per heavy atom. The number of nitrogens with two attached hydrogens (primary N) is 1. The quantitative estimate of drug-likeness (QED) is 0.827. The van der Waals surface area contributed by atoms with E-state index in [9.17, 15) is 4.79 Å². The first-order valence-electron chi connectivity index (χ1n) is 6.78. The minimum Gasteiger partial charge on any atom is -0.497 e. The van der Waals surface area contributed by atoms with Crippen LogP contribution < -0.4 is 10.5 Å². The summed E-state index contributed by atoms with van der Waals surface area (Å²) >= 11 is 0. The molecule has 4 heteroatoms. The smallest absolute Gasteiger partial charge is 0.323 e. The number of rotatable bonds is 6. The molecule has 0 radical (unpaired) electrons. The van der Waals surface area contributed by atoms with E-state index in [2.05, 4.69) is 0 Å². The third kappa shape index (κ3) is 4.61. The van der Waals surface area contributed by atoms with Crippen LogP contribution >= 0.6 is 0 Å². The third-order valence-corrected chi connectivity index (χ3v) is 3.12. The lowest BCUT2D eigenvalue weighted by Crippen LogP contribution is -2.34. The van der Waals surface area contributed by atoms with Crippen molar-refractivity contribution in [2.24, 2.45) is 5.73 Å². The number of benzene rings is 2. The molecule has 0 spiro atoms. The highest BCUT2D eigenvalue weighted by molar-refractivity contribution is 5.75. The second kappa shape index (κ2) is 7.45. The van der Waals surface area contributed by atoms with Crippen LogP contribution in [0.25, 0.3) is 0 Å². The number of hydrogen-bond acceptors (Lipinski definition) is 4. The summed E-state index contributed by atoms with van der Waals surface area (Å²) in [5, 5.41) is 0. The molecule has 1 atom stereocenters. The van der Waals surface area contributed by atoms with E-state index in [1.54, 1.807) is 7.11 Å². The van der Waals surface area contributed by atoms with Crippen LogP contribution in [0.1, 0.15) is 11.1 Å². The van der Waals surface area contributed by atoms with Gasteiger partial charge in [0, 0.05) is 0 Å². The predicted molar refractivity (Wildman–Crippen MR) is 80.9 cm³/mol. The molecule has 0 aromatic heterocycles. The average molecular weight is 285 g/mol. The molecule has 0 amide bonds. The van der Waals surface area contributed by atoms with Crippen molar-refractivity contribution in [1.82, 2.24) is 0 Å². The first-order valence-corrected chi connectivity index (χ1v) is 6.78. The molecule has 2 aromatic carbocycles. The minimum absolute atomic E-state index is 0.242. The monoisotopic (exact) mass is 285 g/mol. The fourth-order valence-corrected chi connectivity index (χ4v) is 1.97. The Morgan fingerprint density at radius 2 is 1.81 bits per heavy atom. The minimum atomic E-state index is -0.680. The average Bonchev–Trinajstić information content (AvgIpc) is 2.53. The molecule has 0 aliphatic heterocycles. The highest BCUT2D eigenvalue weighted by Crippen LogP contribution is 2.14. The van der Waals surface area contributed by atoms with Gasteiger partial charge >= 0.3 is 5.97 Å². The molecule has 0 saturated carbocycles. The molecular formula is C17H19NO3. The topological polar surface area (TPSA) is 61.5 Å². The molecule has 4 nitrogen and oxygen atoms in total. The molecule has 0 fully saturated rings. The molecule has 0 bridgehead atoms. The van der Waals surface area contributed by atoms with Crippen molar-refractivity contribution in [3.63, 3.8) is 0 Å². The van der Waals surface area contributed by atoms with E-state index in [1.165, 1.54) is 0 Å². The molecule has 2 N–H and O–H groups in total. The van der Waals surface area contributed by atoms with Gasteiger partial charge in [-0.1, -0.05) is 42.5 Å². The van der Waals surface area contributed by atoms with Crippen LogP contribution in [-0.2, 0) is 22.6 Å². The van der Waals surface area contributed by atoms with Crippen LogP contribution in [-0.4, -0.2) is 19.1 Å². The summed E-state index contributed by atoms with van der Waals surface area (Å²) in [5.74, 6) is 0.346. The zero-order chi connectivity index (χ0) is 15.1. The third-order valence-electron chi connectivity index (χ3n) is 3.12. The van der Waals surface area contributed by atoms with E-state index < -0.39 is 12.0 Å². The number of hydrogen-bond donors (Lipinski definition) is 1. The van der Waals surface area contributed by atoms with Gasteiger partial charge in [-0.25, -0.2) is 0 Å². The van der Waals surface area contributed by atoms with Crippen LogP contribution in [0.5, 0.6) is 5.75 Å². The number of carbonyl (C=O) groups is 1. The van der Waals surface area contributed by atoms with Crippen molar-refractivity contribution in [2.75, 3.05) is 7.11 Å². The Kier molecular flexibility index (Phi) is 5.35. The van der Waals surface area contributed by atoms with Gasteiger partial charge in [-0.15, -0.1) is 0 Å². The van der Waals surface area contributed by atoms with Crippen molar-refractivity contribution >= 4 is 5.97 Å². The number of esters is 1. The van der Waals surface area contributed by atoms with Gasteiger partial charge in [0.1, 0.15) is 18.4 Å². The summed E-state index contributed by atoms with van der Waals surface area (Å²) in [6, 6.07) is 16.3. The van der Waals surface area contributed by atoms with Gasteiger partial charge in [0.05, 0.1) is 7.11 Å². The number of carbonyl (C=O) groups excluding carboxylic acids is 1. The lowest BCUT2D eigenvalue weighted by molar-refractivity contribution is -0.146. The normalized spacial score (nSPS) is 11.7. The van der Waals surface area contributed by atoms with Crippen LogP contribution in [0, 0.1) is 0 Å². The molecule has 0 aliphatic rings. The van der Waals surface area contributed by atoms with Gasteiger partial charge in [-0.05, 0) is 29.7 Å². The summed E-state index contributed by atoms with van der Waals surface area (Å²) < 4.78 is 10.4. The maximum absolute atomic E-state index is 11.9. The van der Waals surface area contributed by atoms with Crippen molar-refractivity contribution < 1.29 is 14.3 Å². The molecule has 21 heavy (non-hydrogen) atoms. The maximum atomic E-state index is 11.9. The predicted octanol–water partition coefficient (Wildman–Crippen LogP) is 2.31. The van der Waals surface area contributed by atoms with E-state index in [4.69, 9.17) is 15.2 Å². The lowest BCUT2D eigenvalue weighted by Gasteiger charge is -2.12. The summed E-state index contributed by atoms with van der Waals surface area (Å²) in [6.45, 7) is 0.242. The molecule has 0 heterocycles. The van der Waals surface area contributed by atoms with E-state index in [0.29, 0.717) is 6.42 Å². The molecule has 110 valence electrons. The van der Waals surface area contributed by atoms with E-state index >= 15 is 0 Å². The zero-order valence-corrected chi connectivity index (χ0v) is 12.0. The number of ether oxygens (including phenoxy) is 2. The second-order valence-electron chi connectivity index (χ2n) is 4.76. The van der Waals surface area contributed by atoms with Gasteiger partial charge in [0.2, 0.25) is 0 Å². The Labute approximate surface area is 124 Å². The summed E-state index contributed by atoms with van der Waals surface area (Å²) in [5.41, 5.74) is 7.78.